The summed E-state index contributed by atoms with van der Waals surface area (Å²) in [7, 11) is 0. The van der Waals surface area contributed by atoms with Crippen LogP contribution in [0.2, 0.25) is 0 Å². The Morgan fingerprint density at radius 1 is 1.60 bits per heavy atom. The van der Waals surface area contributed by atoms with Crippen LogP contribution in [0.5, 0.6) is 0 Å². The molecule has 1 aliphatic rings. The fourth-order valence-electron chi connectivity index (χ4n) is 0.377. The zero-order chi connectivity index (χ0) is 6.85. The molecule has 0 aromatic rings. The van der Waals surface area contributed by atoms with E-state index in [-0.39, 0.29) is 39.9 Å². The average Bonchev–Trinajstić information content (AvgIpc) is 1.59. The van der Waals surface area contributed by atoms with E-state index in [1.54, 1.807) is 0 Å². The number of nitrogens with zero attached hydrogens (tertiary/aromatic N) is 2. The monoisotopic (exact) mass is 190 g/mol. The molecule has 50 valence electrons. The second-order valence-electron chi connectivity index (χ2n) is 1.32. The maximum Gasteiger partial charge on any atom is 1.00 e. The third kappa shape index (κ3) is 3.09. The summed E-state index contributed by atoms with van der Waals surface area (Å²) in [6.45, 7) is 0. The smallest absolute Gasteiger partial charge is 0.253 e. The molecule has 0 saturated heterocycles. The van der Waals surface area contributed by atoms with Gasteiger partial charge >= 0.3 is 29.6 Å². The molecule has 2 N–H and O–H groups in total. The minimum absolute atomic E-state index is 0. The van der Waals surface area contributed by atoms with Gasteiger partial charge in [-0.2, -0.15) is 0 Å². The van der Waals surface area contributed by atoms with Crippen molar-refractivity contribution in [2.75, 3.05) is 0 Å². The topological polar surface area (TPSA) is 47.9 Å². The van der Waals surface area contributed by atoms with Crippen LogP contribution in [-0.4, -0.2) is 15.7 Å². The van der Waals surface area contributed by atoms with Crippen LogP contribution < -0.4 is 35.0 Å². The minimum atomic E-state index is 0. The Morgan fingerprint density at radius 2 is 2.20 bits per heavy atom. The van der Waals surface area contributed by atoms with Crippen molar-refractivity contribution in [3.8, 4) is 0 Å². The minimum Gasteiger partial charge on any atom is -0.253 e. The third-order valence-electron chi connectivity index (χ3n) is 0.643. The maximum absolute atomic E-state index is 8.57. The van der Waals surface area contributed by atoms with Gasteiger partial charge in [0.05, 0.1) is 0 Å². The van der Waals surface area contributed by atoms with E-state index in [0.717, 1.165) is 0 Å². The number of hydrogen-bond acceptors (Lipinski definition) is 4. The molecule has 0 aromatic heterocycles. The number of halogens is 2. The second kappa shape index (κ2) is 4.43. The fourth-order valence-corrected chi connectivity index (χ4v) is 0.792. The summed E-state index contributed by atoms with van der Waals surface area (Å²) in [5, 5.41) is 12.7. The molecule has 7 heteroatoms. The first-order valence-electron chi connectivity index (χ1n) is 2.05. The molecular formula is C3H3Cl2N3NaO+. The number of rotatable bonds is 0. The summed E-state index contributed by atoms with van der Waals surface area (Å²) in [5.74, 6) is 0. The number of allylic oxidation sites excluding steroid dienone is 1. The van der Waals surface area contributed by atoms with E-state index >= 15 is 0 Å². The first-order valence-corrected chi connectivity index (χ1v) is 2.81. The van der Waals surface area contributed by atoms with Crippen LogP contribution in [0, 0.1) is 0 Å². The van der Waals surface area contributed by atoms with Crippen molar-refractivity contribution < 1.29 is 34.8 Å². The van der Waals surface area contributed by atoms with Gasteiger partial charge in [0.1, 0.15) is 5.16 Å². The standard InChI is InChI=1S/C3H3Cl2N3O.Na/c4-2-1-3(5)7-8(9)6-2;/h1,6,9H;/q;+1. The van der Waals surface area contributed by atoms with Crippen molar-refractivity contribution in [1.29, 1.82) is 0 Å². The summed E-state index contributed by atoms with van der Waals surface area (Å²) in [4.78, 5) is 0. The molecule has 0 aromatic carbocycles. The van der Waals surface area contributed by atoms with Crippen molar-refractivity contribution in [2.24, 2.45) is 5.10 Å². The molecular weight excluding hydrogens is 188 g/mol. The Morgan fingerprint density at radius 3 is 2.60 bits per heavy atom. The van der Waals surface area contributed by atoms with Crippen LogP contribution >= 0.6 is 23.2 Å². The van der Waals surface area contributed by atoms with Crippen LogP contribution in [0.4, 0.5) is 0 Å². The molecule has 0 aliphatic carbocycles. The van der Waals surface area contributed by atoms with E-state index in [9.17, 15) is 0 Å². The van der Waals surface area contributed by atoms with Crippen molar-refractivity contribution in [1.82, 2.24) is 10.7 Å². The average molecular weight is 191 g/mol. The molecule has 0 atom stereocenters. The Kier molecular flexibility index (Phi) is 4.68. The predicted octanol–water partition coefficient (Wildman–Crippen LogP) is -2.17. The summed E-state index contributed by atoms with van der Waals surface area (Å²) in [5.41, 5.74) is 2.25. The molecule has 0 unspecified atom stereocenters. The molecule has 0 amide bonds. The van der Waals surface area contributed by atoms with Crippen LogP contribution in [0.15, 0.2) is 16.3 Å². The molecule has 0 spiro atoms. The summed E-state index contributed by atoms with van der Waals surface area (Å²) in [6.07, 6.45) is 1.37. The van der Waals surface area contributed by atoms with Gasteiger partial charge < -0.3 is 0 Å². The Balaban J connectivity index is 0.000000810. The number of nitrogens with one attached hydrogen (secondary N) is 1. The molecule has 0 saturated carbocycles. The molecule has 0 radical (unpaired) electrons. The Labute approximate surface area is 89.7 Å². The Bertz CT molecular complexity index is 183. The molecule has 1 aliphatic heterocycles. The maximum atomic E-state index is 8.57. The fraction of sp³-hybridized carbons (Fsp3) is 0. The van der Waals surface area contributed by atoms with E-state index < -0.39 is 0 Å². The van der Waals surface area contributed by atoms with Gasteiger partial charge in [0.25, 0.3) is 0 Å². The molecule has 10 heavy (non-hydrogen) atoms. The van der Waals surface area contributed by atoms with Gasteiger partial charge in [-0.1, -0.05) is 28.5 Å². The first-order chi connectivity index (χ1) is 4.18. The number of hydrogen-bond donors (Lipinski definition) is 2. The van der Waals surface area contributed by atoms with Crippen molar-refractivity contribution >= 4 is 28.4 Å². The quantitative estimate of drug-likeness (QED) is 0.338. The zero-order valence-electron chi connectivity index (χ0n) is 5.17. The summed E-state index contributed by atoms with van der Waals surface area (Å²) >= 11 is 10.7. The normalized spacial score (nSPS) is 16.5. The second-order valence-corrected chi connectivity index (χ2v) is 2.11. The van der Waals surface area contributed by atoms with E-state index in [0.29, 0.717) is 5.28 Å². The van der Waals surface area contributed by atoms with Gasteiger partial charge in [-0.05, 0) is 0 Å². The zero-order valence-corrected chi connectivity index (χ0v) is 8.69. The molecule has 1 heterocycles. The van der Waals surface area contributed by atoms with Crippen molar-refractivity contribution in [3.05, 3.63) is 11.2 Å². The van der Waals surface area contributed by atoms with E-state index in [2.05, 4.69) is 10.5 Å². The van der Waals surface area contributed by atoms with Gasteiger partial charge in [-0.25, -0.2) is 5.43 Å². The van der Waals surface area contributed by atoms with E-state index in [4.69, 9.17) is 28.4 Å². The molecule has 0 bridgehead atoms. The van der Waals surface area contributed by atoms with Gasteiger partial charge in [-0.15, -0.1) is 5.10 Å². The summed E-state index contributed by atoms with van der Waals surface area (Å²) in [6, 6.07) is 0. The van der Waals surface area contributed by atoms with Gasteiger partial charge in [0, 0.05) is 6.08 Å². The van der Waals surface area contributed by atoms with Crippen LogP contribution in [-0.2, 0) is 0 Å². The van der Waals surface area contributed by atoms with E-state index in [1.807, 2.05) is 0 Å². The van der Waals surface area contributed by atoms with Crippen molar-refractivity contribution in [2.45, 2.75) is 0 Å². The predicted molar refractivity (Wildman–Crippen MR) is 34.0 cm³/mol. The number of hydrazine groups is 1. The third-order valence-corrected chi connectivity index (χ3v) is 1.02. The molecule has 1 rings (SSSR count). The Hall–Kier alpha value is 0.550. The SMILES string of the molecule is ON1N=C(Cl)C=C(Cl)N1.[Na+]. The molecule has 4 nitrogen and oxygen atoms in total. The van der Waals surface area contributed by atoms with Crippen LogP contribution in [0.1, 0.15) is 0 Å². The van der Waals surface area contributed by atoms with Crippen LogP contribution in [0.25, 0.3) is 0 Å². The van der Waals surface area contributed by atoms with Gasteiger partial charge in [-0.3, -0.25) is 5.21 Å². The van der Waals surface area contributed by atoms with E-state index in [1.165, 1.54) is 6.08 Å². The largest absolute Gasteiger partial charge is 1.00 e. The van der Waals surface area contributed by atoms with Crippen molar-refractivity contribution in [3.63, 3.8) is 0 Å². The summed E-state index contributed by atoms with van der Waals surface area (Å²) < 4.78 is 0. The first kappa shape index (κ1) is 10.6. The van der Waals surface area contributed by atoms with Gasteiger partial charge in [0.15, 0.2) is 5.17 Å². The number of hydrazone groups is 1. The van der Waals surface area contributed by atoms with Crippen LogP contribution in [0.3, 0.4) is 0 Å². The molecule has 0 fully saturated rings. The van der Waals surface area contributed by atoms with Gasteiger partial charge in [0.2, 0.25) is 0 Å².